The largest absolute Gasteiger partial charge is 0.464 e. The molecule has 1 atom stereocenters. The molecular formula is C16H18N2O3. The monoisotopic (exact) mass is 286 g/mol. The van der Waals surface area contributed by atoms with Gasteiger partial charge in [-0.3, -0.25) is 14.5 Å². The van der Waals surface area contributed by atoms with Crippen molar-refractivity contribution in [1.82, 2.24) is 10.2 Å². The summed E-state index contributed by atoms with van der Waals surface area (Å²) in [6.45, 7) is 3.43. The van der Waals surface area contributed by atoms with Crippen LogP contribution in [0, 0.1) is 0 Å². The smallest absolute Gasteiger partial charge is 0.217 e. The predicted molar refractivity (Wildman–Crippen MR) is 79.2 cm³/mol. The molecule has 1 aromatic heterocycles. The Bertz CT molecular complexity index is 677. The third-order valence-electron chi connectivity index (χ3n) is 3.83. The van der Waals surface area contributed by atoms with Gasteiger partial charge < -0.3 is 9.73 Å². The lowest BCUT2D eigenvalue weighted by molar-refractivity contribution is -0.119. The lowest BCUT2D eigenvalue weighted by Gasteiger charge is -2.15. The minimum absolute atomic E-state index is 0.0194. The second kappa shape index (κ2) is 5.69. The summed E-state index contributed by atoms with van der Waals surface area (Å²) in [6, 6.07) is 7.69. The lowest BCUT2D eigenvalue weighted by Crippen LogP contribution is -2.36. The van der Waals surface area contributed by atoms with Gasteiger partial charge in [0.25, 0.3) is 0 Å². The maximum atomic E-state index is 12.4. The first-order chi connectivity index (χ1) is 10.1. The van der Waals surface area contributed by atoms with E-state index >= 15 is 0 Å². The molecule has 0 bridgehead atoms. The van der Waals surface area contributed by atoms with Crippen molar-refractivity contribution in [3.05, 3.63) is 36.1 Å². The van der Waals surface area contributed by atoms with Crippen LogP contribution < -0.4 is 5.32 Å². The van der Waals surface area contributed by atoms with Gasteiger partial charge in [-0.15, -0.1) is 0 Å². The topological polar surface area (TPSA) is 62.6 Å². The van der Waals surface area contributed by atoms with Crippen LogP contribution in [0.1, 0.15) is 23.7 Å². The van der Waals surface area contributed by atoms with Crippen molar-refractivity contribution in [3.8, 4) is 0 Å². The van der Waals surface area contributed by atoms with Gasteiger partial charge in [0.2, 0.25) is 5.91 Å². The van der Waals surface area contributed by atoms with E-state index in [9.17, 15) is 9.59 Å². The highest BCUT2D eigenvalue weighted by Gasteiger charge is 2.25. The van der Waals surface area contributed by atoms with E-state index in [0.29, 0.717) is 12.1 Å². The van der Waals surface area contributed by atoms with Crippen LogP contribution in [0.5, 0.6) is 0 Å². The number of Topliss-reactive ketones (excluding diaryl/α,β-unsaturated/α-hetero) is 1. The Hall–Kier alpha value is -2.14. The highest BCUT2D eigenvalue weighted by atomic mass is 16.3. The summed E-state index contributed by atoms with van der Waals surface area (Å²) in [7, 11) is 0. The zero-order valence-corrected chi connectivity index (χ0v) is 12.0. The van der Waals surface area contributed by atoms with Gasteiger partial charge in [0, 0.05) is 31.4 Å². The van der Waals surface area contributed by atoms with Crippen LogP contribution >= 0.6 is 0 Å². The zero-order chi connectivity index (χ0) is 14.8. The van der Waals surface area contributed by atoms with Gasteiger partial charge in [0.15, 0.2) is 5.78 Å². The van der Waals surface area contributed by atoms with Crippen molar-refractivity contribution in [2.24, 2.45) is 0 Å². The van der Waals surface area contributed by atoms with Gasteiger partial charge in [-0.25, -0.2) is 0 Å². The number of nitrogens with zero attached hydrogens (tertiary/aromatic N) is 1. The van der Waals surface area contributed by atoms with Crippen LogP contribution in [0.3, 0.4) is 0 Å². The Balaban J connectivity index is 1.66. The van der Waals surface area contributed by atoms with Crippen LogP contribution in [0.4, 0.5) is 0 Å². The summed E-state index contributed by atoms with van der Waals surface area (Å²) in [4.78, 5) is 25.5. The highest BCUT2D eigenvalue weighted by Crippen LogP contribution is 2.22. The Kier molecular flexibility index (Phi) is 3.75. The van der Waals surface area contributed by atoms with Gasteiger partial charge in [-0.05, 0) is 12.5 Å². The molecular weight excluding hydrogens is 268 g/mol. The molecule has 0 radical (unpaired) electrons. The van der Waals surface area contributed by atoms with E-state index < -0.39 is 0 Å². The number of fused-ring (bicyclic) bond motifs is 1. The minimum atomic E-state index is -0.0194. The molecule has 1 saturated heterocycles. The number of hydrogen-bond donors (Lipinski definition) is 1. The summed E-state index contributed by atoms with van der Waals surface area (Å²) in [5.74, 6) is 0.0393. The lowest BCUT2D eigenvalue weighted by atomic mass is 10.1. The number of hydrogen-bond acceptors (Lipinski definition) is 4. The van der Waals surface area contributed by atoms with Crippen molar-refractivity contribution in [1.29, 1.82) is 0 Å². The summed E-state index contributed by atoms with van der Waals surface area (Å²) in [6.07, 6.45) is 2.42. The van der Waals surface area contributed by atoms with E-state index in [-0.39, 0.29) is 17.7 Å². The summed E-state index contributed by atoms with van der Waals surface area (Å²) in [5, 5.41) is 3.76. The van der Waals surface area contributed by atoms with Crippen molar-refractivity contribution < 1.29 is 14.0 Å². The Morgan fingerprint density at radius 3 is 3.00 bits per heavy atom. The molecule has 2 aromatic rings. The molecule has 5 heteroatoms. The molecule has 0 spiro atoms. The fourth-order valence-electron chi connectivity index (χ4n) is 2.86. The molecule has 0 saturated carbocycles. The number of furan rings is 1. The SMILES string of the molecule is CC(=O)NC1CCN(CC(=O)c2coc3ccccc23)C1. The summed E-state index contributed by atoms with van der Waals surface area (Å²) < 4.78 is 5.41. The number of benzene rings is 1. The number of para-hydroxylation sites is 1. The van der Waals surface area contributed by atoms with Crippen molar-refractivity contribution in [2.45, 2.75) is 19.4 Å². The van der Waals surface area contributed by atoms with E-state index in [1.54, 1.807) is 0 Å². The quantitative estimate of drug-likeness (QED) is 0.871. The fourth-order valence-corrected chi connectivity index (χ4v) is 2.86. The average Bonchev–Trinajstić information content (AvgIpc) is 3.04. The molecule has 1 N–H and O–H groups in total. The van der Waals surface area contributed by atoms with Gasteiger partial charge in [0.1, 0.15) is 11.8 Å². The van der Waals surface area contributed by atoms with Crippen molar-refractivity contribution >= 4 is 22.7 Å². The van der Waals surface area contributed by atoms with Crippen molar-refractivity contribution in [3.63, 3.8) is 0 Å². The molecule has 1 aliphatic heterocycles. The first kappa shape index (κ1) is 13.8. The van der Waals surface area contributed by atoms with Crippen LogP contribution in [-0.2, 0) is 4.79 Å². The number of ketones is 1. The molecule has 1 aromatic carbocycles. The minimum Gasteiger partial charge on any atom is -0.464 e. The molecule has 1 amide bonds. The van der Waals surface area contributed by atoms with Crippen LogP contribution in [0.25, 0.3) is 11.0 Å². The normalized spacial score (nSPS) is 19.0. The maximum Gasteiger partial charge on any atom is 0.217 e. The second-order valence-corrected chi connectivity index (χ2v) is 5.49. The Morgan fingerprint density at radius 2 is 2.19 bits per heavy atom. The molecule has 1 fully saturated rings. The van der Waals surface area contributed by atoms with Gasteiger partial charge >= 0.3 is 0 Å². The Morgan fingerprint density at radius 1 is 1.38 bits per heavy atom. The number of nitrogens with one attached hydrogen (secondary N) is 1. The summed E-state index contributed by atoms with van der Waals surface area (Å²) in [5.41, 5.74) is 1.37. The maximum absolute atomic E-state index is 12.4. The summed E-state index contributed by atoms with van der Waals surface area (Å²) >= 11 is 0. The predicted octanol–water partition coefficient (Wildman–Crippen LogP) is 1.83. The molecule has 0 aliphatic carbocycles. The van der Waals surface area contributed by atoms with E-state index in [2.05, 4.69) is 10.2 Å². The standard InChI is InChI=1S/C16H18N2O3/c1-11(19)17-12-6-7-18(8-12)9-15(20)14-10-21-16-5-3-2-4-13(14)16/h2-5,10,12H,6-9H2,1H3,(H,17,19). The van der Waals surface area contributed by atoms with E-state index in [1.165, 1.54) is 13.2 Å². The van der Waals surface area contributed by atoms with E-state index in [0.717, 1.165) is 30.5 Å². The number of carbonyl (C=O) groups excluding carboxylic acids is 2. The molecule has 110 valence electrons. The molecule has 3 rings (SSSR count). The first-order valence-corrected chi connectivity index (χ1v) is 7.12. The second-order valence-electron chi connectivity index (χ2n) is 5.49. The molecule has 1 aliphatic rings. The third kappa shape index (κ3) is 2.97. The molecule has 21 heavy (non-hydrogen) atoms. The number of rotatable bonds is 4. The van der Waals surface area contributed by atoms with Crippen molar-refractivity contribution in [2.75, 3.05) is 19.6 Å². The van der Waals surface area contributed by atoms with Gasteiger partial charge in [0.05, 0.1) is 12.1 Å². The first-order valence-electron chi connectivity index (χ1n) is 7.12. The van der Waals surface area contributed by atoms with Gasteiger partial charge in [-0.1, -0.05) is 18.2 Å². The number of likely N-dealkylation sites (tertiary alicyclic amines) is 1. The van der Waals surface area contributed by atoms with E-state index in [1.807, 2.05) is 24.3 Å². The fraction of sp³-hybridized carbons (Fsp3) is 0.375. The molecule has 1 unspecified atom stereocenters. The van der Waals surface area contributed by atoms with Gasteiger partial charge in [-0.2, -0.15) is 0 Å². The zero-order valence-electron chi connectivity index (χ0n) is 12.0. The number of amides is 1. The van der Waals surface area contributed by atoms with Crippen LogP contribution in [0.15, 0.2) is 34.9 Å². The van der Waals surface area contributed by atoms with Crippen LogP contribution in [0.2, 0.25) is 0 Å². The Labute approximate surface area is 122 Å². The molecule has 2 heterocycles. The number of carbonyl (C=O) groups is 2. The molecule has 5 nitrogen and oxygen atoms in total. The average molecular weight is 286 g/mol. The van der Waals surface area contributed by atoms with Crippen LogP contribution in [-0.4, -0.2) is 42.3 Å². The highest BCUT2D eigenvalue weighted by molar-refractivity contribution is 6.08. The third-order valence-corrected chi connectivity index (χ3v) is 3.83. The van der Waals surface area contributed by atoms with E-state index in [4.69, 9.17) is 4.42 Å².